The number of benzene rings is 1. The van der Waals surface area contributed by atoms with Crippen LogP contribution in [-0.4, -0.2) is 5.91 Å². The molecule has 1 N–H and O–H groups in total. The van der Waals surface area contributed by atoms with Crippen LogP contribution in [0.25, 0.3) is 0 Å². The number of hydrogen-bond acceptors (Lipinski definition) is 2. The normalized spacial score (nSPS) is 18.3. The van der Waals surface area contributed by atoms with Gasteiger partial charge in [0.2, 0.25) is 5.91 Å². The van der Waals surface area contributed by atoms with Gasteiger partial charge < -0.3 is 5.32 Å². The molecule has 18 heavy (non-hydrogen) atoms. The first-order chi connectivity index (χ1) is 8.65. The third-order valence-electron chi connectivity index (χ3n) is 3.65. The SMILES string of the molecule is Cc1cc2c(cc1C)[C@H](c1ccsc1)CC(=O)N2. The molecule has 0 aliphatic carbocycles. The lowest BCUT2D eigenvalue weighted by Gasteiger charge is -2.26. The van der Waals surface area contributed by atoms with E-state index in [2.05, 4.69) is 48.1 Å². The standard InChI is InChI=1S/C15H15NOS/c1-9-5-13-12(11-3-4-18-8-11)7-15(17)16-14(13)6-10(9)2/h3-6,8,12H,7H2,1-2H3,(H,16,17)/t12-/m0/s1. The van der Waals surface area contributed by atoms with Crippen molar-refractivity contribution in [2.24, 2.45) is 0 Å². The molecule has 1 aliphatic heterocycles. The van der Waals surface area contributed by atoms with Crippen LogP contribution in [0.5, 0.6) is 0 Å². The van der Waals surface area contributed by atoms with Crippen molar-refractivity contribution in [3.05, 3.63) is 51.2 Å². The van der Waals surface area contributed by atoms with E-state index in [4.69, 9.17) is 0 Å². The minimum absolute atomic E-state index is 0.113. The van der Waals surface area contributed by atoms with Crippen LogP contribution in [0.15, 0.2) is 29.0 Å². The highest BCUT2D eigenvalue weighted by Gasteiger charge is 2.27. The first-order valence-electron chi connectivity index (χ1n) is 6.08. The number of nitrogens with one attached hydrogen (secondary N) is 1. The molecule has 0 saturated carbocycles. The summed E-state index contributed by atoms with van der Waals surface area (Å²) in [7, 11) is 0. The van der Waals surface area contributed by atoms with Crippen LogP contribution in [-0.2, 0) is 4.79 Å². The van der Waals surface area contributed by atoms with Crippen molar-refractivity contribution in [3.63, 3.8) is 0 Å². The Hall–Kier alpha value is -1.61. The van der Waals surface area contributed by atoms with Crippen molar-refractivity contribution in [3.8, 4) is 0 Å². The molecule has 1 atom stereocenters. The van der Waals surface area contributed by atoms with Crippen LogP contribution >= 0.6 is 11.3 Å². The molecule has 0 radical (unpaired) electrons. The van der Waals surface area contributed by atoms with Crippen molar-refractivity contribution in [1.29, 1.82) is 0 Å². The maximum atomic E-state index is 11.8. The number of carbonyl (C=O) groups is 1. The van der Waals surface area contributed by atoms with Gasteiger partial charge in [-0.05, 0) is 59.0 Å². The highest BCUT2D eigenvalue weighted by Crippen LogP contribution is 2.38. The van der Waals surface area contributed by atoms with E-state index in [0.29, 0.717) is 6.42 Å². The molecule has 92 valence electrons. The maximum absolute atomic E-state index is 11.8. The van der Waals surface area contributed by atoms with Gasteiger partial charge in [-0.25, -0.2) is 0 Å². The molecule has 0 spiro atoms. The van der Waals surface area contributed by atoms with E-state index in [9.17, 15) is 4.79 Å². The van der Waals surface area contributed by atoms with E-state index in [1.54, 1.807) is 11.3 Å². The zero-order valence-corrected chi connectivity index (χ0v) is 11.3. The van der Waals surface area contributed by atoms with Crippen molar-refractivity contribution >= 4 is 22.9 Å². The Morgan fingerprint density at radius 3 is 2.78 bits per heavy atom. The lowest BCUT2D eigenvalue weighted by atomic mass is 9.84. The minimum Gasteiger partial charge on any atom is -0.326 e. The van der Waals surface area contributed by atoms with Gasteiger partial charge in [-0.15, -0.1) is 0 Å². The summed E-state index contributed by atoms with van der Waals surface area (Å²) in [5.41, 5.74) is 5.98. The van der Waals surface area contributed by atoms with Crippen LogP contribution in [0.4, 0.5) is 5.69 Å². The lowest BCUT2D eigenvalue weighted by molar-refractivity contribution is -0.116. The Bertz CT molecular complexity index is 601. The van der Waals surface area contributed by atoms with Crippen molar-refractivity contribution in [2.45, 2.75) is 26.2 Å². The second-order valence-corrected chi connectivity index (χ2v) is 5.67. The van der Waals surface area contributed by atoms with Gasteiger partial charge in [0.05, 0.1) is 0 Å². The molecule has 3 rings (SSSR count). The first-order valence-corrected chi connectivity index (χ1v) is 7.02. The Balaban J connectivity index is 2.15. The van der Waals surface area contributed by atoms with Gasteiger partial charge in [0, 0.05) is 18.0 Å². The van der Waals surface area contributed by atoms with E-state index in [1.165, 1.54) is 22.3 Å². The highest BCUT2D eigenvalue weighted by molar-refractivity contribution is 7.08. The zero-order chi connectivity index (χ0) is 12.7. The Kier molecular flexibility index (Phi) is 2.71. The number of fused-ring (bicyclic) bond motifs is 1. The second-order valence-electron chi connectivity index (χ2n) is 4.89. The Labute approximate surface area is 111 Å². The van der Waals surface area contributed by atoms with E-state index in [1.807, 2.05) is 0 Å². The monoisotopic (exact) mass is 257 g/mol. The number of amides is 1. The molecule has 0 fully saturated rings. The van der Waals surface area contributed by atoms with Crippen LogP contribution in [0.2, 0.25) is 0 Å². The molecule has 2 heterocycles. The largest absolute Gasteiger partial charge is 0.326 e. The fourth-order valence-electron chi connectivity index (χ4n) is 2.50. The van der Waals surface area contributed by atoms with E-state index in [0.717, 1.165) is 5.69 Å². The summed E-state index contributed by atoms with van der Waals surface area (Å²) >= 11 is 1.68. The van der Waals surface area contributed by atoms with Gasteiger partial charge in [-0.1, -0.05) is 6.07 Å². The van der Waals surface area contributed by atoms with Crippen molar-refractivity contribution in [1.82, 2.24) is 0 Å². The molecule has 1 aliphatic rings. The maximum Gasteiger partial charge on any atom is 0.225 e. The number of carbonyl (C=O) groups excluding carboxylic acids is 1. The highest BCUT2D eigenvalue weighted by atomic mass is 32.1. The summed E-state index contributed by atoms with van der Waals surface area (Å²) in [4.78, 5) is 11.8. The van der Waals surface area contributed by atoms with Gasteiger partial charge in [0.25, 0.3) is 0 Å². The third kappa shape index (κ3) is 1.85. The number of hydrogen-bond donors (Lipinski definition) is 1. The van der Waals surface area contributed by atoms with Crippen LogP contribution in [0.3, 0.4) is 0 Å². The molecule has 1 aromatic heterocycles. The summed E-state index contributed by atoms with van der Waals surface area (Å²) in [5, 5.41) is 7.20. The molecule has 1 aromatic carbocycles. The van der Waals surface area contributed by atoms with E-state index in [-0.39, 0.29) is 11.8 Å². The predicted octanol–water partition coefficient (Wildman–Crippen LogP) is 3.84. The summed E-state index contributed by atoms with van der Waals surface area (Å²) in [6, 6.07) is 6.42. The Morgan fingerprint density at radius 2 is 2.06 bits per heavy atom. The quantitative estimate of drug-likeness (QED) is 0.826. The fraction of sp³-hybridized carbons (Fsp3) is 0.267. The molecule has 0 bridgehead atoms. The average Bonchev–Trinajstić information content (AvgIpc) is 2.84. The minimum atomic E-state index is 0.113. The summed E-state index contributed by atoms with van der Waals surface area (Å²) in [5.74, 6) is 0.321. The third-order valence-corrected chi connectivity index (χ3v) is 4.35. The summed E-state index contributed by atoms with van der Waals surface area (Å²) in [6.45, 7) is 4.20. The van der Waals surface area contributed by atoms with E-state index < -0.39 is 0 Å². The summed E-state index contributed by atoms with van der Waals surface area (Å²) in [6.07, 6.45) is 0.548. The fourth-order valence-corrected chi connectivity index (χ4v) is 3.22. The number of thiophene rings is 1. The Morgan fingerprint density at radius 1 is 1.28 bits per heavy atom. The van der Waals surface area contributed by atoms with Gasteiger partial charge in [-0.2, -0.15) is 11.3 Å². The van der Waals surface area contributed by atoms with Crippen molar-refractivity contribution in [2.75, 3.05) is 5.32 Å². The van der Waals surface area contributed by atoms with Crippen LogP contribution in [0, 0.1) is 13.8 Å². The molecule has 3 heteroatoms. The van der Waals surface area contributed by atoms with Gasteiger partial charge in [0.15, 0.2) is 0 Å². The number of aryl methyl sites for hydroxylation is 2. The predicted molar refractivity (Wildman–Crippen MR) is 75.3 cm³/mol. The molecule has 2 aromatic rings. The average molecular weight is 257 g/mol. The van der Waals surface area contributed by atoms with Gasteiger partial charge in [-0.3, -0.25) is 4.79 Å². The number of rotatable bonds is 1. The molecule has 0 unspecified atom stereocenters. The van der Waals surface area contributed by atoms with Gasteiger partial charge >= 0.3 is 0 Å². The molecule has 2 nitrogen and oxygen atoms in total. The lowest BCUT2D eigenvalue weighted by Crippen LogP contribution is -2.23. The molecule has 1 amide bonds. The van der Waals surface area contributed by atoms with Crippen molar-refractivity contribution < 1.29 is 4.79 Å². The molecular formula is C15H15NOS. The molecule has 0 saturated heterocycles. The zero-order valence-electron chi connectivity index (χ0n) is 10.5. The van der Waals surface area contributed by atoms with Gasteiger partial charge in [0.1, 0.15) is 0 Å². The first kappa shape index (κ1) is 11.5. The topological polar surface area (TPSA) is 29.1 Å². The number of anilines is 1. The molecular weight excluding hydrogens is 242 g/mol. The van der Waals surface area contributed by atoms with E-state index >= 15 is 0 Å². The smallest absolute Gasteiger partial charge is 0.225 e. The second kappa shape index (κ2) is 4.25. The van der Waals surface area contributed by atoms with Crippen LogP contribution < -0.4 is 5.32 Å². The van der Waals surface area contributed by atoms with Crippen LogP contribution in [0.1, 0.15) is 34.6 Å². The summed E-state index contributed by atoms with van der Waals surface area (Å²) < 4.78 is 0.